The van der Waals surface area contributed by atoms with Crippen molar-refractivity contribution in [1.29, 1.82) is 0 Å². The fourth-order valence-corrected chi connectivity index (χ4v) is 0.800. The molecule has 3 atom stereocenters. The highest BCUT2D eigenvalue weighted by Crippen LogP contribution is 1.98. The van der Waals surface area contributed by atoms with E-state index in [-0.39, 0.29) is 6.42 Å². The molecular formula is C7H14N2O4. The van der Waals surface area contributed by atoms with Gasteiger partial charge in [0.1, 0.15) is 12.1 Å². The number of ketones is 1. The smallest absolute Gasteiger partial charge is 0.320 e. The van der Waals surface area contributed by atoms with E-state index in [1.807, 2.05) is 0 Å². The Morgan fingerprint density at radius 1 is 1.31 bits per heavy atom. The summed E-state index contributed by atoms with van der Waals surface area (Å²) in [6, 6.07) is -2.19. The van der Waals surface area contributed by atoms with Gasteiger partial charge in [-0.1, -0.05) is 0 Å². The van der Waals surface area contributed by atoms with Crippen LogP contribution in [0.1, 0.15) is 13.3 Å². The van der Waals surface area contributed by atoms with Gasteiger partial charge in [0.05, 0.1) is 6.04 Å². The number of carboxylic acids is 1. The van der Waals surface area contributed by atoms with Crippen molar-refractivity contribution in [1.82, 2.24) is 0 Å². The summed E-state index contributed by atoms with van der Waals surface area (Å²) in [5.74, 6) is -1.81. The summed E-state index contributed by atoms with van der Waals surface area (Å²) < 4.78 is 0. The number of carboxylic acid groups (broad SMARTS) is 1. The van der Waals surface area contributed by atoms with Gasteiger partial charge in [-0.15, -0.1) is 0 Å². The summed E-state index contributed by atoms with van der Waals surface area (Å²) in [4.78, 5) is 21.3. The molecule has 0 aliphatic rings. The summed E-state index contributed by atoms with van der Waals surface area (Å²) in [5.41, 5.74) is 10.4. The normalized spacial score (nSPS) is 17.5. The lowest BCUT2D eigenvalue weighted by atomic mass is 10.0. The first-order chi connectivity index (χ1) is 5.86. The number of carbonyl (C=O) groups is 2. The van der Waals surface area contributed by atoms with Crippen LogP contribution < -0.4 is 11.5 Å². The third-order valence-electron chi connectivity index (χ3n) is 1.60. The number of carbonyl (C=O) groups excluding carboxylic acids is 1. The molecule has 76 valence electrons. The summed E-state index contributed by atoms with van der Waals surface area (Å²) in [6.07, 6.45) is -1.35. The summed E-state index contributed by atoms with van der Waals surface area (Å²) in [6.45, 7) is 1.27. The van der Waals surface area contributed by atoms with Crippen molar-refractivity contribution >= 4 is 11.8 Å². The zero-order valence-electron chi connectivity index (χ0n) is 7.30. The van der Waals surface area contributed by atoms with Crippen LogP contribution in [0.15, 0.2) is 0 Å². The van der Waals surface area contributed by atoms with E-state index in [2.05, 4.69) is 0 Å². The molecule has 0 bridgehead atoms. The van der Waals surface area contributed by atoms with Crippen LogP contribution in [0.2, 0.25) is 0 Å². The van der Waals surface area contributed by atoms with Crippen LogP contribution in [0.4, 0.5) is 0 Å². The maximum Gasteiger partial charge on any atom is 0.320 e. The fraction of sp³-hybridized carbons (Fsp3) is 0.714. The van der Waals surface area contributed by atoms with Crippen molar-refractivity contribution in [3.05, 3.63) is 0 Å². The Hall–Kier alpha value is -0.980. The van der Waals surface area contributed by atoms with E-state index in [1.165, 1.54) is 6.92 Å². The predicted molar refractivity (Wildman–Crippen MR) is 44.9 cm³/mol. The molecule has 0 saturated carbocycles. The number of hydrogen-bond donors (Lipinski definition) is 4. The topological polar surface area (TPSA) is 127 Å². The quantitative estimate of drug-likeness (QED) is 0.399. The maximum atomic E-state index is 11.0. The van der Waals surface area contributed by atoms with Gasteiger partial charge in [-0.3, -0.25) is 9.59 Å². The van der Waals surface area contributed by atoms with Gasteiger partial charge in [-0.25, -0.2) is 0 Å². The molecule has 6 N–H and O–H groups in total. The van der Waals surface area contributed by atoms with E-state index in [0.29, 0.717) is 0 Å². The highest BCUT2D eigenvalue weighted by Gasteiger charge is 2.23. The molecule has 0 aromatic heterocycles. The van der Waals surface area contributed by atoms with Crippen LogP contribution in [0.5, 0.6) is 0 Å². The van der Waals surface area contributed by atoms with Gasteiger partial charge in [0.15, 0.2) is 5.78 Å². The average Bonchev–Trinajstić information content (AvgIpc) is 2.02. The molecular weight excluding hydrogens is 176 g/mol. The zero-order valence-corrected chi connectivity index (χ0v) is 7.30. The number of rotatable bonds is 5. The van der Waals surface area contributed by atoms with E-state index < -0.39 is 29.9 Å². The minimum Gasteiger partial charge on any atom is -0.480 e. The predicted octanol–water partition coefficient (Wildman–Crippen LogP) is -1.93. The van der Waals surface area contributed by atoms with Crippen molar-refractivity contribution in [3.8, 4) is 0 Å². The monoisotopic (exact) mass is 190 g/mol. The zero-order chi connectivity index (χ0) is 10.6. The molecule has 0 aromatic rings. The van der Waals surface area contributed by atoms with E-state index in [4.69, 9.17) is 21.7 Å². The SMILES string of the molecule is CC(O)C(=O)C(N)CC(N)C(=O)O. The van der Waals surface area contributed by atoms with Crippen LogP contribution in [0.3, 0.4) is 0 Å². The van der Waals surface area contributed by atoms with E-state index in [1.54, 1.807) is 0 Å². The lowest BCUT2D eigenvalue weighted by molar-refractivity contribution is -0.139. The molecule has 6 nitrogen and oxygen atoms in total. The molecule has 0 radical (unpaired) electrons. The van der Waals surface area contributed by atoms with Crippen LogP contribution in [0, 0.1) is 0 Å². The minimum absolute atomic E-state index is 0.168. The number of nitrogens with two attached hydrogens (primary N) is 2. The van der Waals surface area contributed by atoms with Crippen molar-refractivity contribution in [3.63, 3.8) is 0 Å². The maximum absolute atomic E-state index is 11.0. The third-order valence-corrected chi connectivity index (χ3v) is 1.60. The number of Topliss-reactive ketones (excluding diaryl/α,β-unsaturated/α-hetero) is 1. The van der Waals surface area contributed by atoms with Crippen molar-refractivity contribution in [2.24, 2.45) is 11.5 Å². The molecule has 0 spiro atoms. The molecule has 0 aliphatic heterocycles. The van der Waals surface area contributed by atoms with Crippen LogP contribution in [-0.4, -0.2) is 40.2 Å². The molecule has 0 aromatic carbocycles. The van der Waals surface area contributed by atoms with Gasteiger partial charge in [-0.2, -0.15) is 0 Å². The fourth-order valence-electron chi connectivity index (χ4n) is 0.800. The standard InChI is InChI=1S/C7H14N2O4/c1-3(10)6(11)4(8)2-5(9)7(12)13/h3-5,10H,2,8-9H2,1H3,(H,12,13). The van der Waals surface area contributed by atoms with Gasteiger partial charge < -0.3 is 21.7 Å². The summed E-state index contributed by atoms with van der Waals surface area (Å²) in [7, 11) is 0. The van der Waals surface area contributed by atoms with Crippen molar-refractivity contribution in [2.75, 3.05) is 0 Å². The average molecular weight is 190 g/mol. The third kappa shape index (κ3) is 3.97. The first-order valence-electron chi connectivity index (χ1n) is 3.82. The Bertz CT molecular complexity index is 205. The highest BCUT2D eigenvalue weighted by atomic mass is 16.4. The molecule has 13 heavy (non-hydrogen) atoms. The van der Waals surface area contributed by atoms with Crippen molar-refractivity contribution in [2.45, 2.75) is 31.5 Å². The van der Waals surface area contributed by atoms with E-state index in [9.17, 15) is 9.59 Å². The molecule has 6 heteroatoms. The van der Waals surface area contributed by atoms with Crippen LogP contribution >= 0.6 is 0 Å². The van der Waals surface area contributed by atoms with Gasteiger partial charge in [0, 0.05) is 0 Å². The Kier molecular flexibility index (Phi) is 4.53. The molecule has 0 fully saturated rings. The van der Waals surface area contributed by atoms with Crippen LogP contribution in [0.25, 0.3) is 0 Å². The Morgan fingerprint density at radius 2 is 1.77 bits per heavy atom. The number of hydrogen-bond acceptors (Lipinski definition) is 5. The lowest BCUT2D eigenvalue weighted by Gasteiger charge is -2.14. The number of aliphatic hydroxyl groups excluding tert-OH is 1. The second-order valence-corrected chi connectivity index (χ2v) is 2.87. The largest absolute Gasteiger partial charge is 0.480 e. The van der Waals surface area contributed by atoms with Crippen LogP contribution in [-0.2, 0) is 9.59 Å². The first-order valence-corrected chi connectivity index (χ1v) is 3.82. The van der Waals surface area contributed by atoms with Gasteiger partial charge in [0.25, 0.3) is 0 Å². The molecule has 3 unspecified atom stereocenters. The first kappa shape index (κ1) is 12.0. The van der Waals surface area contributed by atoms with Crippen molar-refractivity contribution < 1.29 is 19.8 Å². The molecule has 0 rings (SSSR count). The second kappa shape index (κ2) is 4.90. The summed E-state index contributed by atoms with van der Waals surface area (Å²) in [5, 5.41) is 17.2. The number of aliphatic carboxylic acids is 1. The lowest BCUT2D eigenvalue weighted by Crippen LogP contribution is -2.44. The number of aliphatic hydroxyl groups is 1. The Balaban J connectivity index is 4.07. The van der Waals surface area contributed by atoms with Gasteiger partial charge in [0.2, 0.25) is 0 Å². The molecule has 0 saturated heterocycles. The molecule has 0 aliphatic carbocycles. The second-order valence-electron chi connectivity index (χ2n) is 2.87. The molecule has 0 amide bonds. The van der Waals surface area contributed by atoms with E-state index >= 15 is 0 Å². The molecule has 0 heterocycles. The Labute approximate surface area is 75.5 Å². The summed E-state index contributed by atoms with van der Waals surface area (Å²) >= 11 is 0. The van der Waals surface area contributed by atoms with E-state index in [0.717, 1.165) is 0 Å². The minimum atomic E-state index is -1.21. The van der Waals surface area contributed by atoms with Gasteiger partial charge in [-0.05, 0) is 13.3 Å². The van der Waals surface area contributed by atoms with Gasteiger partial charge >= 0.3 is 5.97 Å². The Morgan fingerprint density at radius 3 is 2.08 bits per heavy atom. The highest BCUT2D eigenvalue weighted by molar-refractivity contribution is 5.88.